The van der Waals surface area contributed by atoms with Crippen molar-refractivity contribution in [3.63, 3.8) is 0 Å². The van der Waals surface area contributed by atoms with E-state index in [4.69, 9.17) is 9.47 Å². The van der Waals surface area contributed by atoms with E-state index in [0.717, 1.165) is 17.3 Å². The molecule has 29 heavy (non-hydrogen) atoms. The number of imide groups is 1. The summed E-state index contributed by atoms with van der Waals surface area (Å²) in [6.45, 7) is 1.73. The minimum atomic E-state index is -0.441. The second-order valence-electron chi connectivity index (χ2n) is 6.09. The van der Waals surface area contributed by atoms with Crippen LogP contribution >= 0.6 is 27.7 Å². The second-order valence-corrected chi connectivity index (χ2v) is 7.96. The number of hydrogen-bond donors (Lipinski definition) is 2. The van der Waals surface area contributed by atoms with Gasteiger partial charge in [-0.1, -0.05) is 12.1 Å². The molecule has 1 aliphatic heterocycles. The number of ether oxygens (including phenoxy) is 2. The Hall–Kier alpha value is -2.78. The molecule has 0 radical (unpaired) electrons. The Bertz CT molecular complexity index is 1020. The molecule has 2 aromatic rings. The Morgan fingerprint density at radius 1 is 1.28 bits per heavy atom. The fraction of sp³-hybridized carbons (Fsp3) is 0.150. The van der Waals surface area contributed by atoms with Crippen molar-refractivity contribution in [2.24, 2.45) is 0 Å². The lowest BCUT2D eigenvalue weighted by Crippen LogP contribution is -2.20. The number of anilines is 1. The van der Waals surface area contributed by atoms with Crippen LogP contribution < -0.4 is 20.1 Å². The number of hydrogen-bond acceptors (Lipinski definition) is 6. The van der Waals surface area contributed by atoms with E-state index in [2.05, 4.69) is 26.6 Å². The van der Waals surface area contributed by atoms with Crippen molar-refractivity contribution in [3.05, 3.63) is 56.9 Å². The molecule has 0 atom stereocenters. The van der Waals surface area contributed by atoms with Crippen molar-refractivity contribution < 1.29 is 23.9 Å². The van der Waals surface area contributed by atoms with Gasteiger partial charge in [-0.25, -0.2) is 0 Å². The van der Waals surface area contributed by atoms with E-state index in [0.29, 0.717) is 27.2 Å². The zero-order valence-electron chi connectivity index (χ0n) is 15.6. The number of carbonyl (C=O) groups is 3. The van der Waals surface area contributed by atoms with E-state index in [-0.39, 0.29) is 17.4 Å². The normalized spacial score (nSPS) is 14.7. The highest BCUT2D eigenvalue weighted by Gasteiger charge is 2.25. The Kier molecular flexibility index (Phi) is 6.60. The third-order valence-corrected chi connectivity index (χ3v) is 5.24. The molecule has 1 aliphatic rings. The molecule has 0 aromatic heterocycles. The zero-order chi connectivity index (χ0) is 21.0. The fourth-order valence-electron chi connectivity index (χ4n) is 2.59. The van der Waals surface area contributed by atoms with Gasteiger partial charge in [-0.3, -0.25) is 19.7 Å². The van der Waals surface area contributed by atoms with Gasteiger partial charge in [0, 0.05) is 5.69 Å². The second kappa shape index (κ2) is 9.15. The maximum absolute atomic E-state index is 12.2. The Morgan fingerprint density at radius 3 is 2.72 bits per heavy atom. The summed E-state index contributed by atoms with van der Waals surface area (Å²) in [5, 5.41) is 4.56. The van der Waals surface area contributed by atoms with Crippen molar-refractivity contribution in [3.8, 4) is 11.5 Å². The van der Waals surface area contributed by atoms with Crippen LogP contribution in [-0.2, 0) is 9.59 Å². The lowest BCUT2D eigenvalue weighted by atomic mass is 10.2. The van der Waals surface area contributed by atoms with Crippen molar-refractivity contribution >= 4 is 56.5 Å². The molecule has 0 aliphatic carbocycles. The molecule has 0 unspecified atom stereocenters. The third kappa shape index (κ3) is 5.39. The largest absolute Gasteiger partial charge is 0.493 e. The van der Waals surface area contributed by atoms with Gasteiger partial charge in [0.25, 0.3) is 17.1 Å². The number of thioether (sulfide) groups is 1. The molecule has 0 bridgehead atoms. The maximum Gasteiger partial charge on any atom is 0.290 e. The molecule has 3 rings (SSSR count). The Morgan fingerprint density at radius 2 is 2.07 bits per heavy atom. The number of carbonyl (C=O) groups excluding carboxylic acids is 3. The van der Waals surface area contributed by atoms with Gasteiger partial charge in [0.15, 0.2) is 18.1 Å². The third-order valence-electron chi connectivity index (χ3n) is 3.84. The van der Waals surface area contributed by atoms with Crippen molar-refractivity contribution in [1.82, 2.24) is 5.32 Å². The van der Waals surface area contributed by atoms with E-state index < -0.39 is 11.1 Å². The number of aryl methyl sites for hydroxylation is 1. The molecule has 3 amide bonds. The number of halogens is 1. The molecule has 7 nitrogen and oxygen atoms in total. The first-order chi connectivity index (χ1) is 13.9. The standard InChI is InChI=1S/C20H17BrN2O5S/c1-11-4-3-5-13(6-11)22-17(24)10-28-18-14(21)7-12(8-15(18)27-2)9-16-19(25)23-20(26)29-16/h3-9H,10H2,1-2H3,(H,22,24)(H,23,25,26)/b16-9-. The molecule has 2 N–H and O–H groups in total. The molecule has 150 valence electrons. The molecule has 9 heteroatoms. The van der Waals surface area contributed by atoms with Crippen LogP contribution in [0.5, 0.6) is 11.5 Å². The summed E-state index contributed by atoms with van der Waals surface area (Å²) in [7, 11) is 1.47. The van der Waals surface area contributed by atoms with Crippen LogP contribution in [0.1, 0.15) is 11.1 Å². The van der Waals surface area contributed by atoms with Crippen molar-refractivity contribution in [2.75, 3.05) is 19.0 Å². The predicted molar refractivity (Wildman–Crippen MR) is 115 cm³/mol. The minimum absolute atomic E-state index is 0.212. The van der Waals surface area contributed by atoms with Crippen molar-refractivity contribution in [2.45, 2.75) is 6.92 Å². The summed E-state index contributed by atoms with van der Waals surface area (Å²) < 4.78 is 11.5. The average molecular weight is 477 g/mol. The number of methoxy groups -OCH3 is 1. The molecule has 1 fully saturated rings. The molecule has 0 saturated carbocycles. The SMILES string of the molecule is COc1cc(/C=C2\SC(=O)NC2=O)cc(Br)c1OCC(=O)Nc1cccc(C)c1. The van der Waals surface area contributed by atoms with Gasteiger partial charge in [0.2, 0.25) is 0 Å². The molecule has 2 aromatic carbocycles. The van der Waals surface area contributed by atoms with Crippen LogP contribution in [0.2, 0.25) is 0 Å². The first kappa shape index (κ1) is 20.9. The van der Waals surface area contributed by atoms with Crippen LogP contribution in [-0.4, -0.2) is 30.8 Å². The number of rotatable bonds is 6. The number of amides is 3. The summed E-state index contributed by atoms with van der Waals surface area (Å²) in [4.78, 5) is 35.5. The summed E-state index contributed by atoms with van der Waals surface area (Å²) in [5.74, 6) is -0.0190. The van der Waals surface area contributed by atoms with Gasteiger partial charge in [-0.05, 0) is 76.1 Å². The highest BCUT2D eigenvalue weighted by atomic mass is 79.9. The van der Waals surface area contributed by atoms with Gasteiger partial charge in [-0.15, -0.1) is 0 Å². The summed E-state index contributed by atoms with van der Waals surface area (Å²) in [6, 6.07) is 10.8. The number of nitrogens with one attached hydrogen (secondary N) is 2. The summed E-state index contributed by atoms with van der Waals surface area (Å²) in [5.41, 5.74) is 2.36. The zero-order valence-corrected chi connectivity index (χ0v) is 18.0. The van der Waals surface area contributed by atoms with E-state index in [1.807, 2.05) is 25.1 Å². The maximum atomic E-state index is 12.2. The van der Waals surface area contributed by atoms with Crippen LogP contribution in [0.4, 0.5) is 10.5 Å². The minimum Gasteiger partial charge on any atom is -0.493 e. The topological polar surface area (TPSA) is 93.7 Å². The fourth-order valence-corrected chi connectivity index (χ4v) is 3.85. The Labute approximate surface area is 180 Å². The number of benzene rings is 2. The van der Waals surface area contributed by atoms with Gasteiger partial charge >= 0.3 is 0 Å². The molecular weight excluding hydrogens is 460 g/mol. The van der Waals surface area contributed by atoms with E-state index in [9.17, 15) is 14.4 Å². The molecule has 1 saturated heterocycles. The molecule has 0 spiro atoms. The first-order valence-electron chi connectivity index (χ1n) is 8.47. The van der Waals surface area contributed by atoms with Gasteiger partial charge in [0.05, 0.1) is 16.5 Å². The lowest BCUT2D eigenvalue weighted by molar-refractivity contribution is -0.118. The summed E-state index contributed by atoms with van der Waals surface area (Å²) in [6.07, 6.45) is 1.58. The average Bonchev–Trinajstić information content (AvgIpc) is 2.97. The van der Waals surface area contributed by atoms with E-state index >= 15 is 0 Å². The first-order valence-corrected chi connectivity index (χ1v) is 10.1. The highest BCUT2D eigenvalue weighted by molar-refractivity contribution is 9.10. The smallest absolute Gasteiger partial charge is 0.290 e. The monoisotopic (exact) mass is 476 g/mol. The van der Waals surface area contributed by atoms with Crippen LogP contribution in [0.25, 0.3) is 6.08 Å². The van der Waals surface area contributed by atoms with Crippen LogP contribution in [0.15, 0.2) is 45.8 Å². The van der Waals surface area contributed by atoms with Crippen LogP contribution in [0.3, 0.4) is 0 Å². The molecular formula is C20H17BrN2O5S. The highest BCUT2D eigenvalue weighted by Crippen LogP contribution is 2.38. The van der Waals surface area contributed by atoms with E-state index in [1.165, 1.54) is 7.11 Å². The van der Waals surface area contributed by atoms with Crippen LogP contribution in [0, 0.1) is 6.92 Å². The van der Waals surface area contributed by atoms with Gasteiger partial charge in [-0.2, -0.15) is 0 Å². The molecule has 1 heterocycles. The Balaban J connectivity index is 1.72. The van der Waals surface area contributed by atoms with Crippen molar-refractivity contribution in [1.29, 1.82) is 0 Å². The van der Waals surface area contributed by atoms with Gasteiger partial charge in [0.1, 0.15) is 0 Å². The summed E-state index contributed by atoms with van der Waals surface area (Å²) >= 11 is 4.23. The van der Waals surface area contributed by atoms with Gasteiger partial charge < -0.3 is 14.8 Å². The quantitative estimate of drug-likeness (QED) is 0.609. The van der Waals surface area contributed by atoms with E-state index in [1.54, 1.807) is 24.3 Å². The predicted octanol–water partition coefficient (Wildman–Crippen LogP) is 4.11. The lowest BCUT2D eigenvalue weighted by Gasteiger charge is -2.14.